The Kier molecular flexibility index (Phi) is 5.03. The Morgan fingerprint density at radius 2 is 1.54 bits per heavy atom. The number of amides is 2. The number of carbonyl (C=O) groups is 2. The van der Waals surface area contributed by atoms with E-state index in [1.54, 1.807) is 44.2 Å². The molecule has 0 fully saturated rings. The number of carbonyl (C=O) groups excluding carboxylic acids is 2. The first-order valence-electron chi connectivity index (χ1n) is 8.03. The van der Waals surface area contributed by atoms with E-state index in [-0.39, 0.29) is 0 Å². The molecule has 26 heavy (non-hydrogen) atoms. The quantitative estimate of drug-likeness (QED) is 0.702. The summed E-state index contributed by atoms with van der Waals surface area (Å²) in [7, 11) is 0. The van der Waals surface area contributed by atoms with Crippen LogP contribution in [0.3, 0.4) is 0 Å². The molecule has 1 aromatic heterocycles. The molecule has 0 aliphatic heterocycles. The molecular weight excluding hydrogens is 332 g/mol. The van der Waals surface area contributed by atoms with Crippen molar-refractivity contribution in [1.82, 2.24) is 10.9 Å². The maximum absolute atomic E-state index is 12.3. The summed E-state index contributed by atoms with van der Waals surface area (Å²) in [6, 6.07) is 17.6. The maximum atomic E-state index is 12.3. The summed E-state index contributed by atoms with van der Waals surface area (Å²) in [5.41, 5.74) is 5.51. The fourth-order valence-electron chi connectivity index (χ4n) is 2.43. The van der Waals surface area contributed by atoms with E-state index in [1.807, 2.05) is 30.3 Å². The third-order valence-corrected chi connectivity index (χ3v) is 3.65. The molecule has 0 unspecified atom stereocenters. The fraction of sp³-hybridized carbons (Fsp3) is 0.100. The smallest absolute Gasteiger partial charge is 0.273 e. The molecule has 0 saturated carbocycles. The van der Waals surface area contributed by atoms with Crippen LogP contribution in [-0.4, -0.2) is 11.8 Å². The molecule has 0 saturated heterocycles. The maximum Gasteiger partial charge on any atom is 0.273 e. The number of hydrogen-bond donors (Lipinski definition) is 2. The summed E-state index contributed by atoms with van der Waals surface area (Å²) in [4.78, 5) is 24.4. The van der Waals surface area contributed by atoms with Crippen LogP contribution in [0.5, 0.6) is 11.5 Å². The van der Waals surface area contributed by atoms with E-state index in [2.05, 4.69) is 10.9 Å². The van der Waals surface area contributed by atoms with Crippen molar-refractivity contribution >= 4 is 11.8 Å². The van der Waals surface area contributed by atoms with Crippen LogP contribution in [0.15, 0.2) is 65.1 Å². The van der Waals surface area contributed by atoms with Crippen LogP contribution in [0.4, 0.5) is 0 Å². The van der Waals surface area contributed by atoms with Gasteiger partial charge in [-0.15, -0.1) is 0 Å². The number of nitrogens with one attached hydrogen (secondary N) is 2. The molecule has 0 radical (unpaired) electrons. The first kappa shape index (κ1) is 17.3. The molecule has 132 valence electrons. The van der Waals surface area contributed by atoms with E-state index >= 15 is 0 Å². The van der Waals surface area contributed by atoms with Crippen molar-refractivity contribution in [1.29, 1.82) is 0 Å². The number of hydrogen-bond acceptors (Lipinski definition) is 4. The Labute approximate surface area is 150 Å². The van der Waals surface area contributed by atoms with Gasteiger partial charge in [-0.3, -0.25) is 20.4 Å². The van der Waals surface area contributed by atoms with Crippen LogP contribution in [0.2, 0.25) is 0 Å². The second-order valence-corrected chi connectivity index (χ2v) is 5.68. The zero-order valence-corrected chi connectivity index (χ0v) is 14.4. The molecule has 0 aliphatic carbocycles. The standard InChI is InChI=1S/C20H18N2O4/c1-13-11-18(14(2)25-13)20(24)22-21-19(23)15-7-6-10-17(12-15)26-16-8-4-3-5-9-16/h3-12H,1-2H3,(H,21,23)(H,22,24). The molecule has 0 bridgehead atoms. The Balaban J connectivity index is 1.64. The minimum Gasteiger partial charge on any atom is -0.466 e. The lowest BCUT2D eigenvalue weighted by Gasteiger charge is -2.09. The van der Waals surface area contributed by atoms with E-state index in [9.17, 15) is 9.59 Å². The second kappa shape index (κ2) is 7.57. The van der Waals surface area contributed by atoms with Gasteiger partial charge in [0.25, 0.3) is 11.8 Å². The largest absolute Gasteiger partial charge is 0.466 e. The van der Waals surface area contributed by atoms with Crippen LogP contribution < -0.4 is 15.6 Å². The van der Waals surface area contributed by atoms with E-state index < -0.39 is 11.8 Å². The first-order valence-corrected chi connectivity index (χ1v) is 8.03. The Morgan fingerprint density at radius 1 is 0.846 bits per heavy atom. The van der Waals surface area contributed by atoms with Crippen molar-refractivity contribution in [2.75, 3.05) is 0 Å². The van der Waals surface area contributed by atoms with E-state index in [0.717, 1.165) is 0 Å². The lowest BCUT2D eigenvalue weighted by Crippen LogP contribution is -2.41. The number of benzene rings is 2. The molecule has 0 atom stereocenters. The van der Waals surface area contributed by atoms with Gasteiger partial charge in [0.1, 0.15) is 23.0 Å². The molecular formula is C20H18N2O4. The third kappa shape index (κ3) is 4.10. The van der Waals surface area contributed by atoms with Gasteiger partial charge in [-0.25, -0.2) is 0 Å². The van der Waals surface area contributed by atoms with Crippen LogP contribution in [0.1, 0.15) is 32.2 Å². The minimum atomic E-state index is -0.449. The van der Waals surface area contributed by atoms with Crippen LogP contribution in [-0.2, 0) is 0 Å². The number of para-hydroxylation sites is 1. The fourth-order valence-corrected chi connectivity index (χ4v) is 2.43. The minimum absolute atomic E-state index is 0.360. The highest BCUT2D eigenvalue weighted by atomic mass is 16.5. The van der Waals surface area contributed by atoms with Gasteiger partial charge in [0.2, 0.25) is 0 Å². The Bertz CT molecular complexity index is 932. The molecule has 3 aromatic rings. The van der Waals surface area contributed by atoms with Gasteiger partial charge in [-0.1, -0.05) is 24.3 Å². The average Bonchev–Trinajstić information content (AvgIpc) is 2.99. The van der Waals surface area contributed by atoms with E-state index in [4.69, 9.17) is 9.15 Å². The van der Waals surface area contributed by atoms with Gasteiger partial charge in [0.05, 0.1) is 5.56 Å². The zero-order chi connectivity index (χ0) is 18.5. The van der Waals surface area contributed by atoms with Gasteiger partial charge < -0.3 is 9.15 Å². The normalized spacial score (nSPS) is 10.2. The highest BCUT2D eigenvalue weighted by Crippen LogP contribution is 2.21. The molecule has 6 nitrogen and oxygen atoms in total. The lowest BCUT2D eigenvalue weighted by atomic mass is 10.2. The predicted molar refractivity (Wildman–Crippen MR) is 96.1 cm³/mol. The Morgan fingerprint density at radius 3 is 2.23 bits per heavy atom. The number of ether oxygens (including phenoxy) is 1. The molecule has 2 aromatic carbocycles. The lowest BCUT2D eigenvalue weighted by molar-refractivity contribution is 0.0845. The summed E-state index contributed by atoms with van der Waals surface area (Å²) in [6.45, 7) is 3.44. The van der Waals surface area contributed by atoms with Gasteiger partial charge in [-0.2, -0.15) is 0 Å². The van der Waals surface area contributed by atoms with Crippen LogP contribution in [0.25, 0.3) is 0 Å². The SMILES string of the molecule is Cc1cc(C(=O)NNC(=O)c2cccc(Oc3ccccc3)c2)c(C)o1. The van der Waals surface area contributed by atoms with Crippen molar-refractivity contribution in [2.24, 2.45) is 0 Å². The molecule has 6 heteroatoms. The number of rotatable bonds is 4. The van der Waals surface area contributed by atoms with E-state index in [0.29, 0.717) is 34.1 Å². The highest BCUT2D eigenvalue weighted by Gasteiger charge is 2.15. The molecule has 3 rings (SSSR count). The predicted octanol–water partition coefficient (Wildman–Crippen LogP) is 3.76. The van der Waals surface area contributed by atoms with Gasteiger partial charge in [-0.05, 0) is 50.2 Å². The highest BCUT2D eigenvalue weighted by molar-refractivity contribution is 5.99. The van der Waals surface area contributed by atoms with Gasteiger partial charge >= 0.3 is 0 Å². The molecule has 0 aliphatic rings. The van der Waals surface area contributed by atoms with E-state index in [1.165, 1.54) is 0 Å². The monoisotopic (exact) mass is 350 g/mol. The summed E-state index contributed by atoms with van der Waals surface area (Å²) in [6.07, 6.45) is 0. The number of furan rings is 1. The number of aryl methyl sites for hydroxylation is 2. The van der Waals surface area contributed by atoms with Crippen molar-refractivity contribution in [3.63, 3.8) is 0 Å². The molecule has 2 amide bonds. The van der Waals surface area contributed by atoms with Crippen molar-refractivity contribution in [2.45, 2.75) is 13.8 Å². The third-order valence-electron chi connectivity index (χ3n) is 3.65. The summed E-state index contributed by atoms with van der Waals surface area (Å²) in [5.74, 6) is 1.43. The molecule has 0 spiro atoms. The summed E-state index contributed by atoms with van der Waals surface area (Å²) < 4.78 is 11.0. The van der Waals surface area contributed by atoms with Crippen LogP contribution >= 0.6 is 0 Å². The van der Waals surface area contributed by atoms with Gasteiger partial charge in [0, 0.05) is 5.56 Å². The first-order chi connectivity index (χ1) is 12.5. The van der Waals surface area contributed by atoms with Crippen molar-refractivity contribution in [3.8, 4) is 11.5 Å². The average molecular weight is 350 g/mol. The van der Waals surface area contributed by atoms with Crippen molar-refractivity contribution < 1.29 is 18.7 Å². The molecule has 2 N–H and O–H groups in total. The second-order valence-electron chi connectivity index (χ2n) is 5.68. The summed E-state index contributed by atoms with van der Waals surface area (Å²) >= 11 is 0. The Hall–Kier alpha value is -3.54. The molecule has 1 heterocycles. The van der Waals surface area contributed by atoms with Crippen LogP contribution in [0, 0.1) is 13.8 Å². The van der Waals surface area contributed by atoms with Gasteiger partial charge in [0.15, 0.2) is 0 Å². The topological polar surface area (TPSA) is 80.6 Å². The van der Waals surface area contributed by atoms with Crippen molar-refractivity contribution in [3.05, 3.63) is 83.3 Å². The summed E-state index contributed by atoms with van der Waals surface area (Å²) in [5, 5.41) is 0. The number of hydrazine groups is 1. The zero-order valence-electron chi connectivity index (χ0n) is 14.4.